The number of carbonyl (C=O) groups excluding carboxylic acids is 1. The van der Waals surface area contributed by atoms with Gasteiger partial charge in [0.2, 0.25) is 0 Å². The monoisotopic (exact) mass is 301 g/mol. The molecule has 0 spiro atoms. The van der Waals surface area contributed by atoms with E-state index < -0.39 is 30.0 Å². The maximum atomic E-state index is 13.7. The van der Waals surface area contributed by atoms with Gasteiger partial charge in [0.05, 0.1) is 0 Å². The summed E-state index contributed by atoms with van der Waals surface area (Å²) >= 11 is 0. The van der Waals surface area contributed by atoms with E-state index in [1.807, 2.05) is 0 Å². The minimum atomic E-state index is -2.81. The van der Waals surface area contributed by atoms with Crippen molar-refractivity contribution in [3.05, 3.63) is 35.1 Å². The van der Waals surface area contributed by atoms with Gasteiger partial charge in [-0.05, 0) is 44.4 Å². The smallest absolute Gasteiger partial charge is 0.411 e. The fourth-order valence-electron chi connectivity index (χ4n) is 2.45. The molecule has 1 aromatic carbocycles. The molecule has 1 amide bonds. The number of hydrogen-bond acceptors (Lipinski definition) is 2. The number of halogens is 3. The minimum Gasteiger partial charge on any atom is -0.444 e. The summed E-state index contributed by atoms with van der Waals surface area (Å²) in [5.74, 6) is -0.512. The number of benzene rings is 1. The zero-order chi connectivity index (χ0) is 15.8. The zero-order valence-electron chi connectivity index (χ0n) is 12.2. The molecule has 1 aromatic rings. The van der Waals surface area contributed by atoms with Gasteiger partial charge in [-0.25, -0.2) is 18.0 Å². The van der Waals surface area contributed by atoms with Gasteiger partial charge in [0.15, 0.2) is 0 Å². The molecule has 0 fully saturated rings. The summed E-state index contributed by atoms with van der Waals surface area (Å²) in [7, 11) is 0. The molecule has 116 valence electrons. The molecule has 0 aliphatic carbocycles. The third-order valence-electron chi connectivity index (χ3n) is 3.28. The molecule has 0 bridgehead atoms. The fourth-order valence-corrected chi connectivity index (χ4v) is 2.45. The summed E-state index contributed by atoms with van der Waals surface area (Å²) in [5.41, 5.74) is -0.365. The van der Waals surface area contributed by atoms with Gasteiger partial charge in [0.1, 0.15) is 17.5 Å². The predicted octanol–water partition coefficient (Wildman–Crippen LogP) is 3.93. The molecule has 0 radical (unpaired) electrons. The van der Waals surface area contributed by atoms with Crippen LogP contribution in [-0.4, -0.2) is 29.6 Å². The van der Waals surface area contributed by atoms with Crippen LogP contribution in [0.5, 0.6) is 0 Å². The maximum Gasteiger partial charge on any atom is 0.411 e. The van der Waals surface area contributed by atoms with Crippen molar-refractivity contribution >= 4 is 6.09 Å². The van der Waals surface area contributed by atoms with E-state index in [1.165, 1.54) is 18.2 Å². The van der Waals surface area contributed by atoms with Gasteiger partial charge in [-0.3, -0.25) is 4.90 Å². The second-order valence-corrected chi connectivity index (χ2v) is 6.01. The molecule has 6 heteroatoms. The van der Waals surface area contributed by atoms with Crippen LogP contribution in [0.15, 0.2) is 18.2 Å². The van der Waals surface area contributed by atoms with Crippen LogP contribution in [0.3, 0.4) is 0 Å². The molecule has 0 aromatic heterocycles. The lowest BCUT2D eigenvalue weighted by Gasteiger charge is -2.37. The summed E-state index contributed by atoms with van der Waals surface area (Å²) in [5, 5.41) is 0. The van der Waals surface area contributed by atoms with Crippen LogP contribution in [0.2, 0.25) is 0 Å². The summed E-state index contributed by atoms with van der Waals surface area (Å²) in [4.78, 5) is 13.1. The molecule has 0 saturated heterocycles. The van der Waals surface area contributed by atoms with Crippen LogP contribution < -0.4 is 0 Å². The van der Waals surface area contributed by atoms with E-state index in [1.54, 1.807) is 20.8 Å². The van der Waals surface area contributed by atoms with E-state index in [0.29, 0.717) is 0 Å². The molecule has 2 rings (SSSR count). The molecule has 21 heavy (non-hydrogen) atoms. The van der Waals surface area contributed by atoms with E-state index in [4.69, 9.17) is 4.74 Å². The molecule has 1 aliphatic heterocycles. The summed E-state index contributed by atoms with van der Waals surface area (Å²) in [6.07, 6.45) is -3.41. The lowest BCUT2D eigenvalue weighted by molar-refractivity contribution is -0.0191. The standard InChI is InChI=1S/C15H18F3NO2/c1-15(2,3)21-14(20)19-8-7-9-10(12(19)13(17)18)5-4-6-11(9)16/h4-6,12-13H,7-8H2,1-3H3. The first kappa shape index (κ1) is 15.7. The van der Waals surface area contributed by atoms with Crippen LogP contribution in [0, 0.1) is 5.82 Å². The first-order valence-corrected chi connectivity index (χ1v) is 6.76. The highest BCUT2D eigenvalue weighted by molar-refractivity contribution is 5.69. The van der Waals surface area contributed by atoms with Crippen LogP contribution in [-0.2, 0) is 11.2 Å². The third-order valence-corrected chi connectivity index (χ3v) is 3.28. The van der Waals surface area contributed by atoms with Crippen molar-refractivity contribution < 1.29 is 22.7 Å². The van der Waals surface area contributed by atoms with Gasteiger partial charge in [0.25, 0.3) is 6.43 Å². The Hall–Kier alpha value is -1.72. The number of alkyl halides is 2. The number of rotatable bonds is 1. The van der Waals surface area contributed by atoms with Crippen molar-refractivity contribution in [2.75, 3.05) is 6.54 Å². The van der Waals surface area contributed by atoms with E-state index in [2.05, 4.69) is 0 Å². The first-order valence-electron chi connectivity index (χ1n) is 6.76. The molecule has 1 unspecified atom stereocenters. The minimum absolute atomic E-state index is 0.0118. The van der Waals surface area contributed by atoms with Crippen molar-refractivity contribution in [1.82, 2.24) is 4.90 Å². The Morgan fingerprint density at radius 3 is 2.62 bits per heavy atom. The van der Waals surface area contributed by atoms with Crippen LogP contribution >= 0.6 is 0 Å². The largest absolute Gasteiger partial charge is 0.444 e. The van der Waals surface area contributed by atoms with E-state index in [9.17, 15) is 18.0 Å². The van der Waals surface area contributed by atoms with E-state index in [-0.39, 0.29) is 24.1 Å². The summed E-state index contributed by atoms with van der Waals surface area (Å²) in [6.45, 7) is 5.01. The van der Waals surface area contributed by atoms with Crippen molar-refractivity contribution in [2.45, 2.75) is 45.3 Å². The van der Waals surface area contributed by atoms with Gasteiger partial charge in [-0.1, -0.05) is 12.1 Å². The summed E-state index contributed by atoms with van der Waals surface area (Å²) in [6, 6.07) is 2.58. The Kier molecular flexibility index (Phi) is 4.16. The Morgan fingerprint density at radius 1 is 1.38 bits per heavy atom. The highest BCUT2D eigenvalue weighted by atomic mass is 19.3. The number of nitrogens with zero attached hydrogens (tertiary/aromatic N) is 1. The van der Waals surface area contributed by atoms with Crippen LogP contribution in [0.25, 0.3) is 0 Å². The number of hydrogen-bond donors (Lipinski definition) is 0. The molecule has 3 nitrogen and oxygen atoms in total. The number of fused-ring (bicyclic) bond motifs is 1. The topological polar surface area (TPSA) is 29.5 Å². The molecular formula is C15H18F3NO2. The number of carbonyl (C=O) groups is 1. The first-order chi connectivity index (χ1) is 9.70. The van der Waals surface area contributed by atoms with Crippen LogP contribution in [0.1, 0.15) is 37.9 Å². The molecule has 1 aliphatic rings. The zero-order valence-corrected chi connectivity index (χ0v) is 12.2. The van der Waals surface area contributed by atoms with Crippen LogP contribution in [0.4, 0.5) is 18.0 Å². The van der Waals surface area contributed by atoms with Gasteiger partial charge < -0.3 is 4.74 Å². The Bertz CT molecular complexity index is 540. The highest BCUT2D eigenvalue weighted by Gasteiger charge is 2.39. The second-order valence-electron chi connectivity index (χ2n) is 6.01. The van der Waals surface area contributed by atoms with Crippen molar-refractivity contribution in [2.24, 2.45) is 0 Å². The quantitative estimate of drug-likeness (QED) is 0.786. The lowest BCUT2D eigenvalue weighted by Crippen LogP contribution is -2.45. The molecule has 1 atom stereocenters. The molecule has 1 heterocycles. The van der Waals surface area contributed by atoms with Crippen molar-refractivity contribution in [3.63, 3.8) is 0 Å². The average molecular weight is 301 g/mol. The normalized spacial score (nSPS) is 18.6. The van der Waals surface area contributed by atoms with E-state index in [0.717, 1.165) is 4.90 Å². The second kappa shape index (κ2) is 5.58. The lowest BCUT2D eigenvalue weighted by atomic mass is 9.92. The fraction of sp³-hybridized carbons (Fsp3) is 0.533. The predicted molar refractivity (Wildman–Crippen MR) is 71.8 cm³/mol. The molecular weight excluding hydrogens is 283 g/mol. The van der Waals surface area contributed by atoms with Gasteiger partial charge in [-0.15, -0.1) is 0 Å². The third kappa shape index (κ3) is 3.31. The van der Waals surface area contributed by atoms with Gasteiger partial charge in [0, 0.05) is 6.54 Å². The molecule has 0 N–H and O–H groups in total. The summed E-state index contributed by atoms with van der Waals surface area (Å²) < 4.78 is 45.7. The van der Waals surface area contributed by atoms with E-state index >= 15 is 0 Å². The molecule has 0 saturated carbocycles. The van der Waals surface area contributed by atoms with Gasteiger partial charge >= 0.3 is 6.09 Å². The Labute approximate surface area is 121 Å². The Morgan fingerprint density at radius 2 is 2.05 bits per heavy atom. The average Bonchev–Trinajstić information content (AvgIpc) is 2.35. The van der Waals surface area contributed by atoms with Crippen molar-refractivity contribution in [1.29, 1.82) is 0 Å². The van der Waals surface area contributed by atoms with Crippen molar-refractivity contribution in [3.8, 4) is 0 Å². The number of ether oxygens (including phenoxy) is 1. The maximum absolute atomic E-state index is 13.7. The highest BCUT2D eigenvalue weighted by Crippen LogP contribution is 2.36. The number of amides is 1. The van der Waals surface area contributed by atoms with Gasteiger partial charge in [-0.2, -0.15) is 0 Å². The Balaban J connectivity index is 2.35. The SMILES string of the molecule is CC(C)(C)OC(=O)N1CCc2c(F)cccc2C1C(F)F.